The number of nitrogens with one attached hydrogen (secondary N) is 1. The highest BCUT2D eigenvalue weighted by Gasteiger charge is 2.32. The van der Waals surface area contributed by atoms with Crippen molar-refractivity contribution < 1.29 is 23.8 Å². The van der Waals surface area contributed by atoms with Crippen molar-refractivity contribution in [1.29, 1.82) is 0 Å². The van der Waals surface area contributed by atoms with E-state index in [4.69, 9.17) is 24.2 Å². The SMILES string of the molecule is CCCCCCCCCCCCCCCc1cccc(OCC)c1-c1c(C(=O)OCC)c(C)nc(CSc2nc3ccccc3[nH]2)c1C(=O)OC(C)C. The van der Waals surface area contributed by atoms with E-state index in [1.165, 1.54) is 82.4 Å². The lowest BCUT2D eigenvalue weighted by Crippen LogP contribution is -2.21. The second-order valence-electron chi connectivity index (χ2n) is 14.0. The predicted molar refractivity (Wildman–Crippen MR) is 217 cm³/mol. The Bertz CT molecular complexity index is 1720. The topological polar surface area (TPSA) is 103 Å². The zero-order valence-corrected chi connectivity index (χ0v) is 33.8. The first-order chi connectivity index (χ1) is 25.8. The van der Waals surface area contributed by atoms with Crippen molar-refractivity contribution in [2.24, 2.45) is 0 Å². The van der Waals surface area contributed by atoms with Gasteiger partial charge in [0.15, 0.2) is 5.16 Å². The van der Waals surface area contributed by atoms with Gasteiger partial charge in [-0.05, 0) is 71.2 Å². The van der Waals surface area contributed by atoms with Crippen LogP contribution in [0.3, 0.4) is 0 Å². The number of thioether (sulfide) groups is 1. The number of H-pyrrole nitrogens is 1. The molecule has 0 aliphatic rings. The molecule has 0 bridgehead atoms. The lowest BCUT2D eigenvalue weighted by atomic mass is 9.87. The van der Waals surface area contributed by atoms with Crippen molar-refractivity contribution >= 4 is 34.7 Å². The lowest BCUT2D eigenvalue weighted by molar-refractivity contribution is 0.0377. The molecule has 0 unspecified atom stereocenters. The van der Waals surface area contributed by atoms with Gasteiger partial charge in [-0.2, -0.15) is 0 Å². The molecule has 0 amide bonds. The van der Waals surface area contributed by atoms with Gasteiger partial charge in [0.25, 0.3) is 0 Å². The molecule has 0 atom stereocenters. The van der Waals surface area contributed by atoms with Crippen LogP contribution in [0.15, 0.2) is 47.6 Å². The van der Waals surface area contributed by atoms with Crippen LogP contribution >= 0.6 is 11.8 Å². The Balaban J connectivity index is 1.65. The minimum atomic E-state index is -0.536. The third-order valence-corrected chi connectivity index (χ3v) is 10.3. The quantitative estimate of drug-likeness (QED) is 0.0430. The molecule has 9 heteroatoms. The number of aromatic amines is 1. The number of unbranched alkanes of at least 4 members (excludes halogenated alkanes) is 12. The molecule has 0 aliphatic heterocycles. The van der Waals surface area contributed by atoms with Crippen LogP contribution in [0.4, 0.5) is 0 Å². The Morgan fingerprint density at radius 2 is 1.40 bits per heavy atom. The smallest absolute Gasteiger partial charge is 0.340 e. The zero-order chi connectivity index (χ0) is 38.0. The number of carbonyl (C=O) groups is 2. The number of fused-ring (bicyclic) bond motifs is 1. The van der Waals surface area contributed by atoms with E-state index in [0.717, 1.165) is 41.4 Å². The lowest BCUT2D eigenvalue weighted by Gasteiger charge is -2.23. The van der Waals surface area contributed by atoms with Crippen LogP contribution in [0.2, 0.25) is 0 Å². The molecule has 4 rings (SSSR count). The van der Waals surface area contributed by atoms with Crippen molar-refractivity contribution in [3.63, 3.8) is 0 Å². The zero-order valence-electron chi connectivity index (χ0n) is 33.0. The first-order valence-electron chi connectivity index (χ1n) is 20.0. The molecule has 2 heterocycles. The maximum atomic E-state index is 14.2. The molecule has 8 nitrogen and oxygen atoms in total. The third-order valence-electron chi connectivity index (χ3n) is 9.40. The molecule has 288 valence electrons. The summed E-state index contributed by atoms with van der Waals surface area (Å²) in [6, 6.07) is 13.9. The Morgan fingerprint density at radius 3 is 2.02 bits per heavy atom. The van der Waals surface area contributed by atoms with Crippen molar-refractivity contribution in [2.45, 2.75) is 148 Å². The Kier molecular flexibility index (Phi) is 17.7. The van der Waals surface area contributed by atoms with Crippen LogP contribution in [0.25, 0.3) is 22.2 Å². The van der Waals surface area contributed by atoms with Crippen molar-refractivity contribution in [3.8, 4) is 16.9 Å². The highest BCUT2D eigenvalue weighted by atomic mass is 32.2. The second kappa shape index (κ2) is 22.4. The molecule has 0 saturated carbocycles. The molecule has 0 aliphatic carbocycles. The molecule has 2 aromatic carbocycles. The van der Waals surface area contributed by atoms with Crippen LogP contribution in [0, 0.1) is 6.92 Å². The van der Waals surface area contributed by atoms with E-state index in [1.807, 2.05) is 57.2 Å². The maximum absolute atomic E-state index is 14.2. The summed E-state index contributed by atoms with van der Waals surface area (Å²) in [4.78, 5) is 41.1. The van der Waals surface area contributed by atoms with Gasteiger partial charge in [-0.1, -0.05) is 120 Å². The highest BCUT2D eigenvalue weighted by molar-refractivity contribution is 7.98. The number of para-hydroxylation sites is 2. The average Bonchev–Trinajstić information content (AvgIpc) is 3.55. The molecule has 0 radical (unpaired) electrons. The van der Waals surface area contributed by atoms with E-state index < -0.39 is 11.9 Å². The molecule has 53 heavy (non-hydrogen) atoms. The first-order valence-corrected chi connectivity index (χ1v) is 21.0. The van der Waals surface area contributed by atoms with Crippen molar-refractivity contribution in [3.05, 3.63) is 70.5 Å². The number of aromatic nitrogens is 3. The van der Waals surface area contributed by atoms with Gasteiger partial charge in [-0.3, -0.25) is 4.98 Å². The standard InChI is InChI=1S/C44H61N3O5S/c1-7-10-11-12-13-14-15-16-17-18-19-20-21-25-33-26-24-29-37(50-8-2)39(33)41-38(42(48)51-9-3)32(6)45-36(40(41)43(49)52-31(4)5)30-53-44-46-34-27-22-23-28-35(34)47-44/h22-24,26-29,31H,7-21,25,30H2,1-6H3,(H,46,47). The summed E-state index contributed by atoms with van der Waals surface area (Å²) in [5.41, 5.74) is 5.53. The average molecular weight is 744 g/mol. The summed E-state index contributed by atoms with van der Waals surface area (Å²) < 4.78 is 17.8. The van der Waals surface area contributed by atoms with Gasteiger partial charge in [-0.15, -0.1) is 0 Å². The summed E-state index contributed by atoms with van der Waals surface area (Å²) in [5.74, 6) is -0.123. The summed E-state index contributed by atoms with van der Waals surface area (Å²) in [5, 5.41) is 0.711. The fraction of sp³-hybridized carbons (Fsp3) is 0.545. The third kappa shape index (κ3) is 12.3. The fourth-order valence-electron chi connectivity index (χ4n) is 6.88. The minimum Gasteiger partial charge on any atom is -0.493 e. The second-order valence-corrected chi connectivity index (χ2v) is 15.0. The minimum absolute atomic E-state index is 0.187. The van der Waals surface area contributed by atoms with E-state index in [0.29, 0.717) is 40.2 Å². The van der Waals surface area contributed by atoms with E-state index >= 15 is 0 Å². The van der Waals surface area contributed by atoms with Crippen LogP contribution in [-0.2, 0) is 21.6 Å². The largest absolute Gasteiger partial charge is 0.493 e. The number of rotatable bonds is 24. The number of pyridine rings is 1. The molecule has 2 aromatic heterocycles. The summed E-state index contributed by atoms with van der Waals surface area (Å²) in [7, 11) is 0. The summed E-state index contributed by atoms with van der Waals surface area (Å²) in [6.07, 6.45) is 17.0. The normalized spacial score (nSPS) is 11.4. The van der Waals surface area contributed by atoms with Crippen LogP contribution in [-0.4, -0.2) is 46.2 Å². The van der Waals surface area contributed by atoms with Gasteiger partial charge in [0.05, 0.1) is 52.9 Å². The number of hydrogen-bond acceptors (Lipinski definition) is 8. The van der Waals surface area contributed by atoms with E-state index in [-0.39, 0.29) is 23.8 Å². The molecular weight excluding hydrogens is 683 g/mol. The molecule has 0 saturated heterocycles. The summed E-state index contributed by atoms with van der Waals surface area (Å²) >= 11 is 1.45. The van der Waals surface area contributed by atoms with Gasteiger partial charge in [0.1, 0.15) is 5.75 Å². The van der Waals surface area contributed by atoms with Gasteiger partial charge < -0.3 is 19.2 Å². The number of aryl methyl sites for hydroxylation is 2. The monoisotopic (exact) mass is 743 g/mol. The Labute approximate surface area is 321 Å². The molecule has 4 aromatic rings. The van der Waals surface area contributed by atoms with Crippen LogP contribution in [0.5, 0.6) is 5.75 Å². The Morgan fingerprint density at radius 1 is 0.736 bits per heavy atom. The van der Waals surface area contributed by atoms with Gasteiger partial charge in [0, 0.05) is 16.9 Å². The number of hydrogen-bond donors (Lipinski definition) is 1. The first kappa shape index (κ1) is 41.9. The number of carbonyl (C=O) groups excluding carboxylic acids is 2. The highest BCUT2D eigenvalue weighted by Crippen LogP contribution is 2.42. The van der Waals surface area contributed by atoms with E-state index in [1.54, 1.807) is 13.8 Å². The van der Waals surface area contributed by atoms with Crippen LogP contribution in [0.1, 0.15) is 156 Å². The van der Waals surface area contributed by atoms with Gasteiger partial charge in [0.2, 0.25) is 0 Å². The molecular formula is C44H61N3O5S. The number of ether oxygens (including phenoxy) is 3. The number of nitrogens with zero attached hydrogens (tertiary/aromatic N) is 2. The molecule has 0 spiro atoms. The fourth-order valence-corrected chi connectivity index (χ4v) is 7.70. The van der Waals surface area contributed by atoms with E-state index in [2.05, 4.69) is 18.0 Å². The number of esters is 2. The number of imidazole rings is 1. The van der Waals surface area contributed by atoms with Gasteiger partial charge >= 0.3 is 11.9 Å². The number of benzene rings is 2. The molecule has 1 N–H and O–H groups in total. The summed E-state index contributed by atoms with van der Waals surface area (Å²) in [6.45, 7) is 12.0. The van der Waals surface area contributed by atoms with E-state index in [9.17, 15) is 9.59 Å². The van der Waals surface area contributed by atoms with Crippen LogP contribution < -0.4 is 4.74 Å². The van der Waals surface area contributed by atoms with Gasteiger partial charge in [-0.25, -0.2) is 14.6 Å². The molecule has 0 fully saturated rings. The Hall–Kier alpha value is -3.85. The van der Waals surface area contributed by atoms with Crippen molar-refractivity contribution in [1.82, 2.24) is 15.0 Å². The predicted octanol–water partition coefficient (Wildman–Crippen LogP) is 12.0. The van der Waals surface area contributed by atoms with Crippen molar-refractivity contribution in [2.75, 3.05) is 13.2 Å². The maximum Gasteiger partial charge on any atom is 0.340 e.